The summed E-state index contributed by atoms with van der Waals surface area (Å²) in [6.07, 6.45) is -0.516. The van der Waals surface area contributed by atoms with Crippen LogP contribution < -0.4 is 10.1 Å². The lowest BCUT2D eigenvalue weighted by molar-refractivity contribution is 0.102. The fraction of sp³-hybridized carbons (Fsp3) is 0.235. The standard InChI is InChI=1S/C17H19NO3/c1-3-21-16-6-4-5-14(11-16)17(20)18-15-9-7-13(8-10-15)12(2)19/h4-12,19H,3H2,1-2H3,(H,18,20). The summed E-state index contributed by atoms with van der Waals surface area (Å²) in [4.78, 5) is 12.2. The number of benzene rings is 2. The summed E-state index contributed by atoms with van der Waals surface area (Å²) in [5.74, 6) is 0.482. The second-order valence-electron chi connectivity index (χ2n) is 4.71. The molecular weight excluding hydrogens is 266 g/mol. The number of hydrogen-bond donors (Lipinski definition) is 2. The molecule has 0 saturated heterocycles. The van der Waals surface area contributed by atoms with Gasteiger partial charge in [0.05, 0.1) is 12.7 Å². The van der Waals surface area contributed by atoms with Crippen molar-refractivity contribution >= 4 is 11.6 Å². The zero-order chi connectivity index (χ0) is 15.2. The van der Waals surface area contributed by atoms with Crippen LogP contribution in [0.2, 0.25) is 0 Å². The molecule has 0 aromatic heterocycles. The maximum absolute atomic E-state index is 12.2. The summed E-state index contributed by atoms with van der Waals surface area (Å²) < 4.78 is 5.38. The van der Waals surface area contributed by atoms with E-state index in [0.29, 0.717) is 23.6 Å². The molecule has 2 aromatic rings. The van der Waals surface area contributed by atoms with Gasteiger partial charge in [0.2, 0.25) is 0 Å². The van der Waals surface area contributed by atoms with Crippen LogP contribution in [0.5, 0.6) is 5.75 Å². The molecule has 0 bridgehead atoms. The molecule has 110 valence electrons. The molecule has 0 heterocycles. The average molecular weight is 285 g/mol. The van der Waals surface area contributed by atoms with E-state index in [2.05, 4.69) is 5.32 Å². The number of carbonyl (C=O) groups excluding carboxylic acids is 1. The SMILES string of the molecule is CCOc1cccc(C(=O)Nc2ccc(C(C)O)cc2)c1. The molecule has 0 aliphatic carbocycles. The third kappa shape index (κ3) is 4.07. The minimum absolute atomic E-state index is 0.193. The van der Waals surface area contributed by atoms with Gasteiger partial charge in [-0.1, -0.05) is 18.2 Å². The van der Waals surface area contributed by atoms with Crippen molar-refractivity contribution in [3.63, 3.8) is 0 Å². The largest absolute Gasteiger partial charge is 0.494 e. The van der Waals surface area contributed by atoms with Gasteiger partial charge in [0.25, 0.3) is 5.91 Å². The first-order chi connectivity index (χ1) is 10.1. The Bertz CT molecular complexity index is 606. The van der Waals surface area contributed by atoms with Gasteiger partial charge in [0, 0.05) is 11.3 Å². The molecule has 2 N–H and O–H groups in total. The molecule has 2 aromatic carbocycles. The first-order valence-corrected chi connectivity index (χ1v) is 6.92. The number of nitrogens with one attached hydrogen (secondary N) is 1. The molecule has 2 rings (SSSR count). The maximum atomic E-state index is 12.2. The third-order valence-electron chi connectivity index (χ3n) is 3.06. The summed E-state index contributed by atoms with van der Waals surface area (Å²) in [5, 5.41) is 12.3. The van der Waals surface area contributed by atoms with Crippen molar-refractivity contribution in [3.8, 4) is 5.75 Å². The van der Waals surface area contributed by atoms with Gasteiger partial charge >= 0.3 is 0 Å². The van der Waals surface area contributed by atoms with Crippen LogP contribution in [-0.4, -0.2) is 17.6 Å². The van der Waals surface area contributed by atoms with Crippen molar-refractivity contribution in [3.05, 3.63) is 59.7 Å². The van der Waals surface area contributed by atoms with Crippen LogP contribution in [0.1, 0.15) is 35.9 Å². The lowest BCUT2D eigenvalue weighted by atomic mass is 10.1. The minimum Gasteiger partial charge on any atom is -0.494 e. The van der Waals surface area contributed by atoms with Gasteiger partial charge in [-0.3, -0.25) is 4.79 Å². The summed E-state index contributed by atoms with van der Waals surface area (Å²) in [5.41, 5.74) is 2.04. The molecular formula is C17H19NO3. The Morgan fingerprint density at radius 3 is 2.57 bits per heavy atom. The highest BCUT2D eigenvalue weighted by Gasteiger charge is 2.08. The Labute approximate surface area is 124 Å². The van der Waals surface area contributed by atoms with Crippen molar-refractivity contribution in [1.29, 1.82) is 0 Å². The van der Waals surface area contributed by atoms with E-state index in [4.69, 9.17) is 4.74 Å². The van der Waals surface area contributed by atoms with Crippen LogP contribution >= 0.6 is 0 Å². The van der Waals surface area contributed by atoms with E-state index in [9.17, 15) is 9.90 Å². The highest BCUT2D eigenvalue weighted by molar-refractivity contribution is 6.04. The van der Waals surface area contributed by atoms with Gasteiger partial charge in [-0.05, 0) is 49.7 Å². The fourth-order valence-corrected chi connectivity index (χ4v) is 1.94. The second kappa shape index (κ2) is 6.90. The highest BCUT2D eigenvalue weighted by atomic mass is 16.5. The molecule has 0 radical (unpaired) electrons. The molecule has 0 fully saturated rings. The van der Waals surface area contributed by atoms with Crippen LogP contribution in [0.25, 0.3) is 0 Å². The predicted molar refractivity (Wildman–Crippen MR) is 82.6 cm³/mol. The van der Waals surface area contributed by atoms with E-state index in [1.165, 1.54) is 0 Å². The number of ether oxygens (including phenoxy) is 1. The molecule has 0 aliphatic rings. The summed E-state index contributed by atoms with van der Waals surface area (Å²) in [7, 11) is 0. The normalized spacial score (nSPS) is 11.8. The van der Waals surface area contributed by atoms with Crippen LogP contribution in [0.4, 0.5) is 5.69 Å². The van der Waals surface area contributed by atoms with E-state index in [1.807, 2.05) is 13.0 Å². The number of carbonyl (C=O) groups is 1. The summed E-state index contributed by atoms with van der Waals surface area (Å²) in [6.45, 7) is 4.16. The lowest BCUT2D eigenvalue weighted by Gasteiger charge is -2.09. The highest BCUT2D eigenvalue weighted by Crippen LogP contribution is 2.18. The number of aliphatic hydroxyl groups is 1. The van der Waals surface area contributed by atoms with E-state index < -0.39 is 6.10 Å². The molecule has 1 unspecified atom stereocenters. The first kappa shape index (κ1) is 15.1. The van der Waals surface area contributed by atoms with E-state index in [-0.39, 0.29) is 5.91 Å². The molecule has 0 saturated carbocycles. The van der Waals surface area contributed by atoms with Crippen LogP contribution in [0.3, 0.4) is 0 Å². The second-order valence-corrected chi connectivity index (χ2v) is 4.71. The smallest absolute Gasteiger partial charge is 0.255 e. The summed E-state index contributed by atoms with van der Waals surface area (Å²) >= 11 is 0. The van der Waals surface area contributed by atoms with Gasteiger partial charge < -0.3 is 15.2 Å². The molecule has 0 spiro atoms. The van der Waals surface area contributed by atoms with Crippen LogP contribution in [-0.2, 0) is 0 Å². The number of hydrogen-bond acceptors (Lipinski definition) is 3. The number of aliphatic hydroxyl groups excluding tert-OH is 1. The number of anilines is 1. The molecule has 21 heavy (non-hydrogen) atoms. The van der Waals surface area contributed by atoms with E-state index in [1.54, 1.807) is 49.4 Å². The maximum Gasteiger partial charge on any atom is 0.255 e. The van der Waals surface area contributed by atoms with Gasteiger partial charge in [0.1, 0.15) is 5.75 Å². The Morgan fingerprint density at radius 1 is 1.24 bits per heavy atom. The topological polar surface area (TPSA) is 58.6 Å². The quantitative estimate of drug-likeness (QED) is 0.885. The van der Waals surface area contributed by atoms with E-state index >= 15 is 0 Å². The van der Waals surface area contributed by atoms with Crippen LogP contribution in [0, 0.1) is 0 Å². The van der Waals surface area contributed by atoms with Crippen molar-refractivity contribution in [1.82, 2.24) is 0 Å². The Balaban J connectivity index is 2.08. The van der Waals surface area contributed by atoms with Crippen LogP contribution in [0.15, 0.2) is 48.5 Å². The van der Waals surface area contributed by atoms with E-state index in [0.717, 1.165) is 5.56 Å². The molecule has 0 aliphatic heterocycles. The fourth-order valence-electron chi connectivity index (χ4n) is 1.94. The van der Waals surface area contributed by atoms with Gasteiger partial charge in [-0.2, -0.15) is 0 Å². The Hall–Kier alpha value is -2.33. The zero-order valence-corrected chi connectivity index (χ0v) is 12.2. The van der Waals surface area contributed by atoms with Crippen molar-refractivity contribution in [2.24, 2.45) is 0 Å². The molecule has 4 heteroatoms. The third-order valence-corrected chi connectivity index (χ3v) is 3.06. The average Bonchev–Trinajstić information content (AvgIpc) is 2.48. The predicted octanol–water partition coefficient (Wildman–Crippen LogP) is 3.39. The lowest BCUT2D eigenvalue weighted by Crippen LogP contribution is -2.12. The van der Waals surface area contributed by atoms with Crippen molar-refractivity contribution in [2.45, 2.75) is 20.0 Å². The van der Waals surface area contributed by atoms with Crippen molar-refractivity contribution in [2.75, 3.05) is 11.9 Å². The van der Waals surface area contributed by atoms with Gasteiger partial charge in [0.15, 0.2) is 0 Å². The minimum atomic E-state index is -0.516. The number of rotatable bonds is 5. The Morgan fingerprint density at radius 2 is 1.95 bits per heavy atom. The number of amides is 1. The molecule has 4 nitrogen and oxygen atoms in total. The Kier molecular flexibility index (Phi) is 4.95. The van der Waals surface area contributed by atoms with Gasteiger partial charge in [-0.15, -0.1) is 0 Å². The molecule has 1 atom stereocenters. The zero-order valence-electron chi connectivity index (χ0n) is 12.2. The van der Waals surface area contributed by atoms with Crippen molar-refractivity contribution < 1.29 is 14.6 Å². The molecule has 1 amide bonds. The monoisotopic (exact) mass is 285 g/mol. The summed E-state index contributed by atoms with van der Waals surface area (Å²) in [6, 6.07) is 14.2. The first-order valence-electron chi connectivity index (χ1n) is 6.92. The van der Waals surface area contributed by atoms with Gasteiger partial charge in [-0.25, -0.2) is 0 Å².